The van der Waals surface area contributed by atoms with Gasteiger partial charge in [-0.25, -0.2) is 32.3 Å². The van der Waals surface area contributed by atoms with E-state index in [4.69, 9.17) is 0 Å². The summed E-state index contributed by atoms with van der Waals surface area (Å²) in [6.45, 7) is 0.289. The van der Waals surface area contributed by atoms with Crippen LogP contribution in [0.3, 0.4) is 0 Å². The van der Waals surface area contributed by atoms with Crippen molar-refractivity contribution in [3.8, 4) is 0 Å². The number of carbonyl (C=O) groups is 1. The minimum Gasteiger partial charge on any atom is -0.348 e. The van der Waals surface area contributed by atoms with E-state index >= 15 is 0 Å². The third kappa shape index (κ3) is 2.83. The van der Waals surface area contributed by atoms with Crippen LogP contribution in [0.15, 0.2) is 30.7 Å². The molecule has 4 aromatic heterocycles. The molecule has 0 aliphatic carbocycles. The highest BCUT2D eigenvalue weighted by Crippen LogP contribution is 2.34. The predicted octanol–water partition coefficient (Wildman–Crippen LogP) is 2.05. The van der Waals surface area contributed by atoms with Gasteiger partial charge in [0.1, 0.15) is 11.9 Å². The number of hydrogen-bond acceptors (Lipinski definition) is 5. The van der Waals surface area contributed by atoms with E-state index in [1.807, 2.05) is 0 Å². The Bertz CT molecular complexity index is 1260. The summed E-state index contributed by atoms with van der Waals surface area (Å²) >= 11 is 0. The van der Waals surface area contributed by atoms with Gasteiger partial charge in [0.2, 0.25) is 11.6 Å². The Labute approximate surface area is 167 Å². The number of H-pyrrole nitrogens is 1. The van der Waals surface area contributed by atoms with Crippen LogP contribution in [0.5, 0.6) is 0 Å². The third-order valence-electron chi connectivity index (χ3n) is 5.07. The van der Waals surface area contributed by atoms with Crippen molar-refractivity contribution in [1.82, 2.24) is 39.2 Å². The lowest BCUT2D eigenvalue weighted by Gasteiger charge is -2.33. The molecule has 0 saturated heterocycles. The summed E-state index contributed by atoms with van der Waals surface area (Å²) in [6, 6.07) is 3.93. The van der Waals surface area contributed by atoms with Crippen LogP contribution in [0.25, 0.3) is 5.52 Å². The monoisotopic (exact) mass is 416 g/mol. The number of imidazole rings is 1. The van der Waals surface area contributed by atoms with Gasteiger partial charge < -0.3 is 9.88 Å². The minimum absolute atomic E-state index is 0.205. The second-order valence-electron chi connectivity index (χ2n) is 6.92. The van der Waals surface area contributed by atoms with Crippen molar-refractivity contribution >= 4 is 11.4 Å². The van der Waals surface area contributed by atoms with Gasteiger partial charge in [0.15, 0.2) is 0 Å². The zero-order valence-electron chi connectivity index (χ0n) is 15.6. The van der Waals surface area contributed by atoms with Crippen LogP contribution >= 0.6 is 0 Å². The van der Waals surface area contributed by atoms with Gasteiger partial charge in [-0.1, -0.05) is 0 Å². The molecule has 154 valence electrons. The van der Waals surface area contributed by atoms with E-state index in [9.17, 15) is 18.0 Å². The fourth-order valence-corrected chi connectivity index (χ4v) is 3.72. The fourth-order valence-electron chi connectivity index (χ4n) is 3.72. The highest BCUT2D eigenvalue weighted by atomic mass is 19.3. The smallest absolute Gasteiger partial charge is 0.299 e. The summed E-state index contributed by atoms with van der Waals surface area (Å²) in [5.74, 6) is -1.94. The maximum Gasteiger partial charge on any atom is 0.299 e. The van der Waals surface area contributed by atoms with Gasteiger partial charge >= 0.3 is 0 Å². The van der Waals surface area contributed by atoms with Crippen LogP contribution in [0.1, 0.15) is 46.0 Å². The number of halogens is 3. The van der Waals surface area contributed by atoms with Crippen molar-refractivity contribution < 1.29 is 18.0 Å². The molecule has 0 bridgehead atoms. The highest BCUT2D eigenvalue weighted by molar-refractivity contribution is 5.91. The van der Waals surface area contributed by atoms with E-state index in [1.165, 1.54) is 35.1 Å². The van der Waals surface area contributed by atoms with Crippen LogP contribution in [0.2, 0.25) is 0 Å². The average Bonchev–Trinajstić information content (AvgIpc) is 3.43. The lowest BCUT2D eigenvalue weighted by atomic mass is 9.99. The Morgan fingerprint density at radius 1 is 1.30 bits per heavy atom. The summed E-state index contributed by atoms with van der Waals surface area (Å²) in [4.78, 5) is 25.9. The quantitative estimate of drug-likeness (QED) is 0.551. The number of aryl methyl sites for hydroxylation is 1. The standard InChI is InChI=1S/C18H15F3N8O/c1-27-17(24-16(26-27)15(20)21)18(30)28-5-4-11-13(23-8-22-11)14(28)12-6-10-3-2-9(19)7-29(10)25-12/h2-3,6-8,14-15H,4-5H2,1H3,(H,22,23). The van der Waals surface area contributed by atoms with Crippen LogP contribution in [0.4, 0.5) is 13.2 Å². The number of alkyl halides is 2. The first kappa shape index (κ1) is 18.3. The van der Waals surface area contributed by atoms with E-state index < -0.39 is 30.0 Å². The van der Waals surface area contributed by atoms with Crippen LogP contribution in [-0.4, -0.2) is 51.7 Å². The molecule has 1 N–H and O–H groups in total. The summed E-state index contributed by atoms with van der Waals surface area (Å²) < 4.78 is 42.0. The van der Waals surface area contributed by atoms with Crippen molar-refractivity contribution in [2.75, 3.05) is 6.54 Å². The summed E-state index contributed by atoms with van der Waals surface area (Å²) in [6.07, 6.45) is 0.370. The predicted molar refractivity (Wildman–Crippen MR) is 96.3 cm³/mol. The molecule has 0 spiro atoms. The zero-order valence-corrected chi connectivity index (χ0v) is 15.6. The average molecular weight is 416 g/mol. The molecule has 1 atom stereocenters. The van der Waals surface area contributed by atoms with Gasteiger partial charge in [-0.2, -0.15) is 5.10 Å². The lowest BCUT2D eigenvalue weighted by molar-refractivity contribution is 0.0669. The van der Waals surface area contributed by atoms with Crippen molar-refractivity contribution in [2.45, 2.75) is 18.9 Å². The van der Waals surface area contributed by atoms with E-state index in [-0.39, 0.29) is 12.4 Å². The first-order valence-corrected chi connectivity index (χ1v) is 9.09. The molecular formula is C18H15F3N8O. The largest absolute Gasteiger partial charge is 0.348 e. The van der Waals surface area contributed by atoms with Gasteiger partial charge in [0.25, 0.3) is 12.3 Å². The van der Waals surface area contributed by atoms with Gasteiger partial charge in [-0.05, 0) is 18.2 Å². The highest BCUT2D eigenvalue weighted by Gasteiger charge is 2.38. The van der Waals surface area contributed by atoms with Gasteiger partial charge in [-0.3, -0.25) is 4.79 Å². The van der Waals surface area contributed by atoms with Crippen molar-refractivity contribution in [1.29, 1.82) is 0 Å². The summed E-state index contributed by atoms with van der Waals surface area (Å²) in [7, 11) is 1.39. The molecule has 1 aliphatic rings. The number of aromatic nitrogens is 7. The van der Waals surface area contributed by atoms with Crippen molar-refractivity contribution in [3.05, 3.63) is 65.3 Å². The van der Waals surface area contributed by atoms with Crippen LogP contribution < -0.4 is 0 Å². The molecule has 4 aromatic rings. The van der Waals surface area contributed by atoms with Gasteiger partial charge in [0.05, 0.1) is 29.4 Å². The number of carbonyl (C=O) groups excluding carboxylic acids is 1. The van der Waals surface area contributed by atoms with E-state index in [1.54, 1.807) is 12.1 Å². The normalized spacial score (nSPS) is 16.4. The first-order valence-electron chi connectivity index (χ1n) is 9.09. The molecular weight excluding hydrogens is 401 g/mol. The Hall–Kier alpha value is -3.70. The molecule has 9 nitrogen and oxygen atoms in total. The van der Waals surface area contributed by atoms with Crippen LogP contribution in [0, 0.1) is 5.82 Å². The molecule has 12 heteroatoms. The fraction of sp³-hybridized carbons (Fsp3) is 0.278. The Morgan fingerprint density at radius 3 is 2.90 bits per heavy atom. The van der Waals surface area contributed by atoms with Crippen molar-refractivity contribution in [2.24, 2.45) is 7.05 Å². The number of nitrogens with one attached hydrogen (secondary N) is 1. The molecule has 30 heavy (non-hydrogen) atoms. The number of rotatable bonds is 3. The summed E-state index contributed by atoms with van der Waals surface area (Å²) in [5, 5.41) is 8.05. The first-order chi connectivity index (χ1) is 14.4. The molecule has 1 aliphatic heterocycles. The molecule has 0 radical (unpaired) electrons. The molecule has 1 unspecified atom stereocenters. The number of hydrogen-bond donors (Lipinski definition) is 1. The molecule has 0 aromatic carbocycles. The second kappa shape index (κ2) is 6.68. The Kier molecular flexibility index (Phi) is 4.08. The number of amides is 1. The number of aromatic amines is 1. The maximum absolute atomic E-state index is 13.6. The Morgan fingerprint density at radius 2 is 2.13 bits per heavy atom. The maximum atomic E-state index is 13.6. The lowest BCUT2D eigenvalue weighted by Crippen LogP contribution is -2.42. The number of fused-ring (bicyclic) bond motifs is 2. The molecule has 5 heterocycles. The van der Waals surface area contributed by atoms with Gasteiger partial charge in [-0.15, -0.1) is 5.10 Å². The number of nitrogens with zero attached hydrogens (tertiary/aromatic N) is 7. The summed E-state index contributed by atoms with van der Waals surface area (Å²) in [5.41, 5.74) is 2.55. The molecule has 0 saturated carbocycles. The SMILES string of the molecule is Cn1nc(C(F)F)nc1C(=O)N1CCc2[nH]cnc2C1c1cc2ccc(F)cn2n1. The van der Waals surface area contributed by atoms with Gasteiger partial charge in [0, 0.05) is 25.7 Å². The third-order valence-corrected chi connectivity index (χ3v) is 5.07. The Balaban J connectivity index is 1.60. The molecule has 0 fully saturated rings. The minimum atomic E-state index is -2.89. The van der Waals surface area contributed by atoms with E-state index in [2.05, 4.69) is 25.1 Å². The molecule has 1 amide bonds. The number of pyridine rings is 1. The zero-order chi connectivity index (χ0) is 21.0. The van der Waals surface area contributed by atoms with Crippen LogP contribution in [-0.2, 0) is 13.5 Å². The topological polar surface area (TPSA) is 97.0 Å². The van der Waals surface area contributed by atoms with E-state index in [0.717, 1.165) is 10.4 Å². The second-order valence-corrected chi connectivity index (χ2v) is 6.92. The van der Waals surface area contributed by atoms with Crippen molar-refractivity contribution in [3.63, 3.8) is 0 Å². The molecule has 5 rings (SSSR count). The van der Waals surface area contributed by atoms with E-state index in [0.29, 0.717) is 23.3 Å².